The number of aryl methyl sites for hydroxylation is 1. The molecule has 2 atom stereocenters. The van der Waals surface area contributed by atoms with Crippen molar-refractivity contribution in [1.82, 2.24) is 5.32 Å². The smallest absolute Gasteiger partial charge is 0.243 e. The Labute approximate surface area is 112 Å². The molecule has 2 rings (SSSR count). The van der Waals surface area contributed by atoms with Gasteiger partial charge in [-0.3, -0.25) is 4.79 Å². The molecule has 1 saturated heterocycles. The Balaban J connectivity index is 2.33. The third kappa shape index (κ3) is 2.71. The van der Waals surface area contributed by atoms with E-state index in [9.17, 15) is 9.18 Å². The van der Waals surface area contributed by atoms with Crippen LogP contribution in [0.2, 0.25) is 0 Å². The lowest BCUT2D eigenvalue weighted by Crippen LogP contribution is -2.61. The van der Waals surface area contributed by atoms with Crippen molar-refractivity contribution in [2.24, 2.45) is 11.7 Å². The topological polar surface area (TPSA) is 67.1 Å². The van der Waals surface area contributed by atoms with E-state index in [-0.39, 0.29) is 17.6 Å². The molecule has 4 nitrogen and oxygen atoms in total. The molecule has 19 heavy (non-hydrogen) atoms. The zero-order valence-corrected chi connectivity index (χ0v) is 11.3. The van der Waals surface area contributed by atoms with Crippen LogP contribution in [0, 0.1) is 18.7 Å². The Morgan fingerprint density at radius 2 is 2.26 bits per heavy atom. The number of carbonyl (C=O) groups excluding carboxylic acids is 1. The molecule has 4 N–H and O–H groups in total. The first-order valence-electron chi connectivity index (χ1n) is 6.50. The minimum atomic E-state index is -0.814. The van der Waals surface area contributed by atoms with Gasteiger partial charge in [-0.1, -0.05) is 6.92 Å². The molecule has 1 aliphatic heterocycles. The fourth-order valence-electron chi connectivity index (χ4n) is 2.70. The Morgan fingerprint density at radius 3 is 2.84 bits per heavy atom. The molecule has 1 aromatic carbocycles. The van der Waals surface area contributed by atoms with E-state index in [0.717, 1.165) is 5.56 Å². The van der Waals surface area contributed by atoms with Gasteiger partial charge in [0.25, 0.3) is 0 Å². The maximum atomic E-state index is 13.4. The maximum Gasteiger partial charge on any atom is 0.243 e. The molecule has 0 aromatic heterocycles. The van der Waals surface area contributed by atoms with Crippen molar-refractivity contribution in [3.05, 3.63) is 29.6 Å². The molecule has 0 spiro atoms. The lowest BCUT2D eigenvalue weighted by atomic mass is 9.78. The second kappa shape index (κ2) is 5.17. The predicted octanol–water partition coefficient (Wildman–Crippen LogP) is 1.40. The third-order valence-corrected chi connectivity index (χ3v) is 3.84. The second-order valence-electron chi connectivity index (χ2n) is 5.33. The molecule has 1 heterocycles. The van der Waals surface area contributed by atoms with E-state index in [1.807, 2.05) is 19.9 Å². The first kappa shape index (κ1) is 13.8. The number of benzene rings is 1. The summed E-state index contributed by atoms with van der Waals surface area (Å²) in [5.41, 5.74) is 6.19. The van der Waals surface area contributed by atoms with E-state index in [0.29, 0.717) is 25.2 Å². The number of nitrogens with one attached hydrogen (secondary N) is 2. The van der Waals surface area contributed by atoms with Crippen LogP contribution in [0.4, 0.5) is 10.1 Å². The van der Waals surface area contributed by atoms with Crippen molar-refractivity contribution in [3.63, 3.8) is 0 Å². The highest BCUT2D eigenvalue weighted by atomic mass is 19.1. The number of anilines is 1. The molecular weight excluding hydrogens is 245 g/mol. The SMILES string of the molecule is Cc1cc(F)cc(NC2(C(N)=O)CCNCC2C)c1. The molecule has 5 heteroatoms. The minimum absolute atomic E-state index is 0.0438. The van der Waals surface area contributed by atoms with Crippen LogP contribution >= 0.6 is 0 Å². The second-order valence-corrected chi connectivity index (χ2v) is 5.33. The Hall–Kier alpha value is -1.62. The first-order chi connectivity index (χ1) is 8.94. The number of carbonyl (C=O) groups is 1. The van der Waals surface area contributed by atoms with Gasteiger partial charge in [0.2, 0.25) is 5.91 Å². The number of hydrogen-bond acceptors (Lipinski definition) is 3. The van der Waals surface area contributed by atoms with E-state index in [1.54, 1.807) is 0 Å². The Bertz CT molecular complexity index is 471. The van der Waals surface area contributed by atoms with Crippen molar-refractivity contribution in [2.45, 2.75) is 25.8 Å². The molecule has 1 amide bonds. The number of nitrogens with two attached hydrogens (primary N) is 1. The van der Waals surface area contributed by atoms with Gasteiger partial charge in [0.05, 0.1) is 0 Å². The molecule has 2 unspecified atom stereocenters. The number of hydrogen-bond donors (Lipinski definition) is 3. The molecule has 1 fully saturated rings. The van der Waals surface area contributed by atoms with Gasteiger partial charge in [0.15, 0.2) is 0 Å². The fraction of sp³-hybridized carbons (Fsp3) is 0.500. The van der Waals surface area contributed by atoms with Crippen LogP contribution in [-0.4, -0.2) is 24.5 Å². The number of amides is 1. The lowest BCUT2D eigenvalue weighted by molar-refractivity contribution is -0.124. The van der Waals surface area contributed by atoms with Crippen LogP contribution in [0.3, 0.4) is 0 Å². The first-order valence-corrected chi connectivity index (χ1v) is 6.50. The number of rotatable bonds is 3. The summed E-state index contributed by atoms with van der Waals surface area (Å²) in [5, 5.41) is 6.40. The molecule has 0 aliphatic carbocycles. The van der Waals surface area contributed by atoms with E-state index in [1.165, 1.54) is 12.1 Å². The van der Waals surface area contributed by atoms with Crippen molar-refractivity contribution in [2.75, 3.05) is 18.4 Å². The van der Waals surface area contributed by atoms with Gasteiger partial charge in [0.1, 0.15) is 11.4 Å². The van der Waals surface area contributed by atoms with Crippen LogP contribution in [0.1, 0.15) is 18.9 Å². The quantitative estimate of drug-likeness (QED) is 0.774. The average Bonchev–Trinajstić information content (AvgIpc) is 2.30. The summed E-state index contributed by atoms with van der Waals surface area (Å²) in [7, 11) is 0. The zero-order valence-electron chi connectivity index (χ0n) is 11.3. The molecular formula is C14H20FN3O. The summed E-state index contributed by atoms with van der Waals surface area (Å²) in [5.74, 6) is -0.658. The summed E-state index contributed by atoms with van der Waals surface area (Å²) in [6.07, 6.45) is 0.596. The van der Waals surface area contributed by atoms with E-state index < -0.39 is 5.54 Å². The fourth-order valence-corrected chi connectivity index (χ4v) is 2.70. The standard InChI is InChI=1S/C14H20FN3O/c1-9-5-11(15)7-12(6-9)18-14(13(16)19)3-4-17-8-10(14)2/h5-7,10,17-18H,3-4,8H2,1-2H3,(H2,16,19). The van der Waals surface area contributed by atoms with Gasteiger partial charge in [-0.2, -0.15) is 0 Å². The maximum absolute atomic E-state index is 13.4. The van der Waals surface area contributed by atoms with E-state index in [2.05, 4.69) is 10.6 Å². The highest BCUT2D eigenvalue weighted by Crippen LogP contribution is 2.29. The number of piperidine rings is 1. The van der Waals surface area contributed by atoms with Gasteiger partial charge in [-0.05, 0) is 43.7 Å². The number of halogens is 1. The summed E-state index contributed by atoms with van der Waals surface area (Å²) in [6.45, 7) is 5.21. The molecule has 0 saturated carbocycles. The van der Waals surface area contributed by atoms with Crippen molar-refractivity contribution in [1.29, 1.82) is 0 Å². The van der Waals surface area contributed by atoms with Gasteiger partial charge in [0, 0.05) is 18.2 Å². The zero-order chi connectivity index (χ0) is 14.0. The normalized spacial score (nSPS) is 27.0. The molecule has 0 bridgehead atoms. The van der Waals surface area contributed by atoms with Crippen molar-refractivity contribution < 1.29 is 9.18 Å². The Kier molecular flexibility index (Phi) is 3.75. The van der Waals surface area contributed by atoms with Crippen LogP contribution < -0.4 is 16.4 Å². The van der Waals surface area contributed by atoms with Gasteiger partial charge in [-0.25, -0.2) is 4.39 Å². The average molecular weight is 265 g/mol. The van der Waals surface area contributed by atoms with Gasteiger partial charge >= 0.3 is 0 Å². The Morgan fingerprint density at radius 1 is 1.53 bits per heavy atom. The third-order valence-electron chi connectivity index (χ3n) is 3.84. The van der Waals surface area contributed by atoms with Gasteiger partial charge in [-0.15, -0.1) is 0 Å². The van der Waals surface area contributed by atoms with Crippen molar-refractivity contribution >= 4 is 11.6 Å². The monoisotopic (exact) mass is 265 g/mol. The summed E-state index contributed by atoms with van der Waals surface area (Å²) in [4.78, 5) is 11.9. The summed E-state index contributed by atoms with van der Waals surface area (Å²) in [6, 6.07) is 4.67. The predicted molar refractivity (Wildman–Crippen MR) is 73.3 cm³/mol. The largest absolute Gasteiger partial charge is 0.371 e. The molecule has 1 aliphatic rings. The van der Waals surface area contributed by atoms with Crippen LogP contribution in [0.5, 0.6) is 0 Å². The van der Waals surface area contributed by atoms with Crippen molar-refractivity contribution in [3.8, 4) is 0 Å². The van der Waals surface area contributed by atoms with Crippen LogP contribution in [-0.2, 0) is 4.79 Å². The minimum Gasteiger partial charge on any atom is -0.371 e. The van der Waals surface area contributed by atoms with E-state index >= 15 is 0 Å². The highest BCUT2D eigenvalue weighted by molar-refractivity contribution is 5.88. The molecule has 1 aromatic rings. The van der Waals surface area contributed by atoms with Crippen LogP contribution in [0.25, 0.3) is 0 Å². The summed E-state index contributed by atoms with van der Waals surface area (Å²) >= 11 is 0. The van der Waals surface area contributed by atoms with E-state index in [4.69, 9.17) is 5.73 Å². The summed E-state index contributed by atoms with van der Waals surface area (Å²) < 4.78 is 13.4. The highest BCUT2D eigenvalue weighted by Gasteiger charge is 2.43. The number of primary amides is 1. The molecule has 0 radical (unpaired) electrons. The van der Waals surface area contributed by atoms with Crippen LogP contribution in [0.15, 0.2) is 18.2 Å². The molecule has 104 valence electrons. The lowest BCUT2D eigenvalue weighted by Gasteiger charge is -2.41. The van der Waals surface area contributed by atoms with Gasteiger partial charge < -0.3 is 16.4 Å².